The number of rotatable bonds is 6. The number of nitrogens with one attached hydrogen (secondary N) is 1. The van der Waals surface area contributed by atoms with Gasteiger partial charge in [0.25, 0.3) is 0 Å². The third-order valence-corrected chi connectivity index (χ3v) is 7.13. The number of thioether (sulfide) groups is 1. The molecule has 1 saturated heterocycles. The molecule has 0 saturated carbocycles. The van der Waals surface area contributed by atoms with Gasteiger partial charge >= 0.3 is 0 Å². The Morgan fingerprint density at radius 2 is 1.66 bits per heavy atom. The largest absolute Gasteiger partial charge is 0.325 e. The maximum absolute atomic E-state index is 12.8. The molecule has 0 aliphatic carbocycles. The van der Waals surface area contributed by atoms with Crippen LogP contribution in [0.4, 0.5) is 11.4 Å². The molecule has 4 nitrogen and oxygen atoms in total. The lowest BCUT2D eigenvalue weighted by Crippen LogP contribution is -2.29. The minimum atomic E-state index is -0.762. The summed E-state index contributed by atoms with van der Waals surface area (Å²) in [5.74, 6) is 0.596. The van der Waals surface area contributed by atoms with Gasteiger partial charge in [-0.3, -0.25) is 14.5 Å². The molecule has 1 fully saturated rings. The van der Waals surface area contributed by atoms with E-state index in [2.05, 4.69) is 25.2 Å². The van der Waals surface area contributed by atoms with Gasteiger partial charge in [-0.05, 0) is 40.8 Å². The monoisotopic (exact) mass is 464 g/mol. The van der Waals surface area contributed by atoms with Gasteiger partial charge < -0.3 is 5.32 Å². The number of carbonyl (C=O) groups is 2. The standard InChI is InChI=1S/C26H25ClN2O2S/c1-17(2)21-10-6-7-11-22(21)29-23(30)16-32-26(29)19-12-14-20(15-13-19)28-25(31)24(27)18-8-4-3-5-9-18/h3-15,17,24,26H,16H2,1-2H3,(H,28,31)/t24-,26+/m0/s1. The molecular formula is C26H25ClN2O2S. The third kappa shape index (κ3) is 4.69. The fraction of sp³-hybridized carbons (Fsp3) is 0.231. The van der Waals surface area contributed by atoms with Crippen LogP contribution in [0.25, 0.3) is 0 Å². The summed E-state index contributed by atoms with van der Waals surface area (Å²) in [5, 5.41) is 2.01. The summed E-state index contributed by atoms with van der Waals surface area (Å²) in [6.07, 6.45) is 0. The Hall–Kier alpha value is -2.76. The molecule has 2 amide bonds. The topological polar surface area (TPSA) is 49.4 Å². The zero-order valence-electron chi connectivity index (χ0n) is 18.0. The van der Waals surface area contributed by atoms with Gasteiger partial charge in [-0.15, -0.1) is 23.4 Å². The lowest BCUT2D eigenvalue weighted by molar-refractivity contribution is -0.116. The summed E-state index contributed by atoms with van der Waals surface area (Å²) in [5.41, 5.74) is 4.56. The van der Waals surface area contributed by atoms with Crippen LogP contribution in [0.2, 0.25) is 0 Å². The molecule has 1 aliphatic heterocycles. The smallest absolute Gasteiger partial charge is 0.246 e. The lowest BCUT2D eigenvalue weighted by Gasteiger charge is -2.27. The molecule has 0 spiro atoms. The van der Waals surface area contributed by atoms with Gasteiger partial charge in [0.05, 0.1) is 5.75 Å². The molecular weight excluding hydrogens is 440 g/mol. The Kier molecular flexibility index (Phi) is 6.87. The quantitative estimate of drug-likeness (QED) is 0.423. The summed E-state index contributed by atoms with van der Waals surface area (Å²) in [6, 6.07) is 25.0. The minimum Gasteiger partial charge on any atom is -0.325 e. The van der Waals surface area contributed by atoms with Crippen molar-refractivity contribution in [1.29, 1.82) is 0 Å². The molecule has 1 N–H and O–H groups in total. The van der Waals surface area contributed by atoms with Crippen LogP contribution in [-0.4, -0.2) is 17.6 Å². The first-order valence-electron chi connectivity index (χ1n) is 10.6. The zero-order chi connectivity index (χ0) is 22.7. The number of alkyl halides is 1. The summed E-state index contributed by atoms with van der Waals surface area (Å²) in [7, 11) is 0. The van der Waals surface area contributed by atoms with E-state index in [9.17, 15) is 9.59 Å². The Morgan fingerprint density at radius 3 is 2.34 bits per heavy atom. The minimum absolute atomic E-state index is 0.0998. The Bertz CT molecular complexity index is 1100. The zero-order valence-corrected chi connectivity index (χ0v) is 19.6. The molecule has 3 aromatic rings. The average Bonchev–Trinajstić information content (AvgIpc) is 3.20. The Morgan fingerprint density at radius 1 is 1.00 bits per heavy atom. The van der Waals surface area contributed by atoms with Crippen molar-refractivity contribution in [3.05, 3.63) is 95.6 Å². The van der Waals surface area contributed by atoms with Crippen LogP contribution in [0.15, 0.2) is 78.9 Å². The van der Waals surface area contributed by atoms with E-state index in [1.165, 1.54) is 0 Å². The number of hydrogen-bond acceptors (Lipinski definition) is 3. The molecule has 1 aliphatic rings. The van der Waals surface area contributed by atoms with E-state index >= 15 is 0 Å². The van der Waals surface area contributed by atoms with Crippen LogP contribution >= 0.6 is 23.4 Å². The molecule has 0 unspecified atom stereocenters. The molecule has 1 heterocycles. The van der Waals surface area contributed by atoms with E-state index in [1.807, 2.05) is 77.7 Å². The van der Waals surface area contributed by atoms with Crippen molar-refractivity contribution in [2.45, 2.75) is 30.5 Å². The number of benzene rings is 3. The molecule has 6 heteroatoms. The highest BCUT2D eigenvalue weighted by atomic mass is 35.5. The predicted octanol–water partition coefficient (Wildman–Crippen LogP) is 6.51. The highest BCUT2D eigenvalue weighted by Gasteiger charge is 2.35. The van der Waals surface area contributed by atoms with Gasteiger partial charge in [-0.2, -0.15) is 0 Å². The van der Waals surface area contributed by atoms with Crippen LogP contribution in [-0.2, 0) is 9.59 Å². The average molecular weight is 465 g/mol. The van der Waals surface area contributed by atoms with E-state index in [1.54, 1.807) is 11.8 Å². The number of anilines is 2. The highest BCUT2D eigenvalue weighted by Crippen LogP contribution is 2.44. The molecule has 0 bridgehead atoms. The second-order valence-corrected chi connectivity index (χ2v) is 9.53. The first kappa shape index (κ1) is 22.4. The van der Waals surface area contributed by atoms with Crippen LogP contribution in [0.1, 0.15) is 47.2 Å². The molecule has 0 aromatic heterocycles. The summed E-state index contributed by atoms with van der Waals surface area (Å²) in [4.78, 5) is 27.2. The lowest BCUT2D eigenvalue weighted by atomic mass is 10.00. The summed E-state index contributed by atoms with van der Waals surface area (Å²) >= 11 is 7.94. The number of hydrogen-bond donors (Lipinski definition) is 1. The fourth-order valence-corrected chi connectivity index (χ4v) is 5.21. The van der Waals surface area contributed by atoms with E-state index in [0.717, 1.165) is 22.4 Å². The Balaban J connectivity index is 1.52. The van der Waals surface area contributed by atoms with Crippen LogP contribution < -0.4 is 10.2 Å². The molecule has 2 atom stereocenters. The van der Waals surface area contributed by atoms with Crippen molar-refractivity contribution < 1.29 is 9.59 Å². The van der Waals surface area contributed by atoms with Gasteiger partial charge in [0.1, 0.15) is 10.8 Å². The second-order valence-electron chi connectivity index (χ2n) is 8.03. The fourth-order valence-electron chi connectivity index (χ4n) is 3.84. The first-order chi connectivity index (χ1) is 15.5. The molecule has 3 aromatic carbocycles. The second kappa shape index (κ2) is 9.80. The van der Waals surface area contributed by atoms with Crippen LogP contribution in [0, 0.1) is 0 Å². The van der Waals surface area contributed by atoms with Gasteiger partial charge in [-0.1, -0.05) is 74.5 Å². The maximum atomic E-state index is 12.8. The van der Waals surface area contributed by atoms with E-state index < -0.39 is 5.38 Å². The van der Waals surface area contributed by atoms with Crippen molar-refractivity contribution in [2.75, 3.05) is 16.0 Å². The van der Waals surface area contributed by atoms with Gasteiger partial charge in [0, 0.05) is 11.4 Å². The number of carbonyl (C=O) groups excluding carboxylic acids is 2. The molecule has 4 rings (SSSR count). The molecule has 32 heavy (non-hydrogen) atoms. The Labute approximate surface area is 198 Å². The van der Waals surface area contributed by atoms with Gasteiger partial charge in [0.2, 0.25) is 11.8 Å². The van der Waals surface area contributed by atoms with Crippen molar-refractivity contribution in [3.8, 4) is 0 Å². The van der Waals surface area contributed by atoms with Crippen molar-refractivity contribution in [3.63, 3.8) is 0 Å². The van der Waals surface area contributed by atoms with E-state index in [-0.39, 0.29) is 17.2 Å². The number of para-hydroxylation sites is 1. The van der Waals surface area contributed by atoms with Crippen molar-refractivity contribution in [2.24, 2.45) is 0 Å². The molecule has 164 valence electrons. The van der Waals surface area contributed by atoms with Crippen LogP contribution in [0.3, 0.4) is 0 Å². The molecule has 0 radical (unpaired) electrons. The summed E-state index contributed by atoms with van der Waals surface area (Å²) < 4.78 is 0. The number of nitrogens with zero attached hydrogens (tertiary/aromatic N) is 1. The third-order valence-electron chi connectivity index (χ3n) is 5.47. The van der Waals surface area contributed by atoms with E-state index in [4.69, 9.17) is 11.6 Å². The van der Waals surface area contributed by atoms with E-state index in [0.29, 0.717) is 17.4 Å². The van der Waals surface area contributed by atoms with Crippen molar-refractivity contribution >= 4 is 46.6 Å². The number of amides is 2. The first-order valence-corrected chi connectivity index (χ1v) is 12.1. The SMILES string of the molecule is CC(C)c1ccccc1N1C(=O)CS[C@@H]1c1ccc(NC(=O)[C@@H](Cl)c2ccccc2)cc1. The van der Waals surface area contributed by atoms with Gasteiger partial charge in [0.15, 0.2) is 0 Å². The maximum Gasteiger partial charge on any atom is 0.246 e. The van der Waals surface area contributed by atoms with Gasteiger partial charge in [-0.25, -0.2) is 0 Å². The normalized spacial score (nSPS) is 16.9. The highest BCUT2D eigenvalue weighted by molar-refractivity contribution is 8.00. The van der Waals surface area contributed by atoms with Crippen LogP contribution in [0.5, 0.6) is 0 Å². The summed E-state index contributed by atoms with van der Waals surface area (Å²) in [6.45, 7) is 4.27. The van der Waals surface area contributed by atoms with Crippen molar-refractivity contribution in [1.82, 2.24) is 0 Å². The number of halogens is 1. The predicted molar refractivity (Wildman–Crippen MR) is 133 cm³/mol.